The van der Waals surface area contributed by atoms with E-state index in [0.29, 0.717) is 0 Å². The number of hydrogen-bond donors (Lipinski definition) is 1. The van der Waals surface area contributed by atoms with Gasteiger partial charge in [-0.15, -0.1) is 0 Å². The number of ether oxygens (including phenoxy) is 3. The summed E-state index contributed by atoms with van der Waals surface area (Å²) in [5, 5.41) is 1.85. The van der Waals surface area contributed by atoms with Crippen LogP contribution < -0.4 is 11.0 Å². The Labute approximate surface area is 206 Å². The smallest absolute Gasteiger partial charge is 0.351 e. The molecule has 5 heterocycles. The zero-order valence-corrected chi connectivity index (χ0v) is 22.2. The Hall–Kier alpha value is -2.66. The quantitative estimate of drug-likeness (QED) is 0.633. The third kappa shape index (κ3) is 4.28. The first-order chi connectivity index (χ1) is 16.3. The minimum atomic E-state index is -0.989. The van der Waals surface area contributed by atoms with Gasteiger partial charge in [-0.05, 0) is 53.7 Å². The van der Waals surface area contributed by atoms with E-state index in [1.807, 2.05) is 41.5 Å². The van der Waals surface area contributed by atoms with E-state index in [1.165, 1.54) is 16.8 Å². The van der Waals surface area contributed by atoms with E-state index in [2.05, 4.69) is 10.3 Å². The van der Waals surface area contributed by atoms with Crippen LogP contribution in [0.15, 0.2) is 41.3 Å². The number of Topliss-reactive ketones (excluding diaryl/α,β-unsaturated/α-hetero) is 1. The molecule has 1 N–H and O–H groups in total. The molecule has 2 bridgehead atoms. The Morgan fingerprint density at radius 2 is 1.66 bits per heavy atom. The molecule has 4 aliphatic rings. The highest BCUT2D eigenvalue weighted by Gasteiger charge is 2.73. The van der Waals surface area contributed by atoms with E-state index in [0.717, 1.165) is 0 Å². The van der Waals surface area contributed by atoms with Crippen LogP contribution in [-0.2, 0) is 14.2 Å². The predicted octanol–water partition coefficient (Wildman–Crippen LogP) is 2.04. The number of rotatable bonds is 2. The third-order valence-electron chi connectivity index (χ3n) is 6.41. The highest BCUT2D eigenvalue weighted by molar-refractivity contribution is 6.56. The molecular weight excluding hydrogens is 466 g/mol. The number of nitrogens with one attached hydrogen (secondary N) is 1. The largest absolute Gasteiger partial charge is 0.374 e. The van der Waals surface area contributed by atoms with Crippen LogP contribution in [0.5, 0.6) is 0 Å². The molecule has 35 heavy (non-hydrogen) atoms. The second kappa shape index (κ2) is 7.92. The lowest BCUT2D eigenvalue weighted by Crippen LogP contribution is -2.44. The molecule has 2 aromatic rings. The van der Waals surface area contributed by atoms with Crippen LogP contribution in [0.4, 0.5) is 5.82 Å². The summed E-state index contributed by atoms with van der Waals surface area (Å²) in [5.74, 6) is -1.57. The topological polar surface area (TPSA) is 109 Å². The van der Waals surface area contributed by atoms with Crippen molar-refractivity contribution in [3.05, 3.63) is 58.1 Å². The second-order valence-corrected chi connectivity index (χ2v) is 13.7. The second-order valence-electron chi connectivity index (χ2n) is 11.4. The zero-order chi connectivity index (χ0) is 25.3. The maximum absolute atomic E-state index is 14.2. The van der Waals surface area contributed by atoms with Crippen LogP contribution in [-0.4, -0.2) is 59.0 Å². The molecule has 9 nitrogen and oxygen atoms in total. The van der Waals surface area contributed by atoms with Crippen molar-refractivity contribution in [2.45, 2.75) is 76.0 Å². The zero-order valence-electron chi connectivity index (χ0n) is 20.8. The summed E-state index contributed by atoms with van der Waals surface area (Å²) in [7, 11) is -0.989. The van der Waals surface area contributed by atoms with Gasteiger partial charge in [0, 0.05) is 11.8 Å². The van der Waals surface area contributed by atoms with Crippen molar-refractivity contribution in [1.82, 2.24) is 9.55 Å². The van der Waals surface area contributed by atoms with E-state index in [-0.39, 0.29) is 28.5 Å². The van der Waals surface area contributed by atoms with Crippen LogP contribution in [0, 0.1) is 5.92 Å². The summed E-state index contributed by atoms with van der Waals surface area (Å²) in [6, 6.07) is 8.18. The maximum Gasteiger partial charge on any atom is 0.351 e. The first-order valence-corrected chi connectivity index (χ1v) is 13.4. The highest BCUT2D eigenvalue weighted by atomic mass is 28.2. The van der Waals surface area contributed by atoms with Gasteiger partial charge in [0.05, 0.1) is 28.4 Å². The SMILES string of the molecule is CC(C)(C)OC1[SiH2][C@@]12O[C@@H]1[C@H](C(=O)c3ccccc3C(=O)Nc3ccn1c(=O)n3)[C@@H]2OC(C)(C)C. The van der Waals surface area contributed by atoms with Crippen molar-refractivity contribution in [1.29, 1.82) is 0 Å². The standard InChI is InChI=1S/C25H31N3O6Si/c1-23(2,3)32-18-16-17(29)13-9-7-8-10-14(13)19(30)26-15-11-12-28(22(31)27-15)20(16)33-25(18)21(35-25)34-24(4,5)6/h7-12,16,18,20-21H,35H2,1-6H3,(H,26,27,30,31)/t16-,18+,20-,21?,25-/m1/s1. The van der Waals surface area contributed by atoms with Gasteiger partial charge in [-0.25, -0.2) is 4.79 Å². The van der Waals surface area contributed by atoms with Crippen LogP contribution >= 0.6 is 0 Å². The third-order valence-corrected chi connectivity index (χ3v) is 8.69. The van der Waals surface area contributed by atoms with Gasteiger partial charge < -0.3 is 19.5 Å². The Morgan fingerprint density at radius 3 is 2.29 bits per heavy atom. The van der Waals surface area contributed by atoms with Gasteiger partial charge >= 0.3 is 5.69 Å². The van der Waals surface area contributed by atoms with Gasteiger partial charge in [0.15, 0.2) is 12.0 Å². The van der Waals surface area contributed by atoms with E-state index in [9.17, 15) is 14.4 Å². The number of aromatic nitrogens is 2. The van der Waals surface area contributed by atoms with Gasteiger partial charge in [-0.3, -0.25) is 14.2 Å². The summed E-state index contributed by atoms with van der Waals surface area (Å²) in [4.78, 5) is 44.3. The number of carbonyl (C=O) groups is 2. The summed E-state index contributed by atoms with van der Waals surface area (Å²) in [6.45, 7) is 11.7. The minimum absolute atomic E-state index is 0.113. The van der Waals surface area contributed by atoms with Crippen molar-refractivity contribution in [2.75, 3.05) is 5.32 Å². The molecular formula is C25H31N3O6Si. The van der Waals surface area contributed by atoms with Crippen LogP contribution in [0.3, 0.4) is 0 Å². The number of benzene rings is 1. The molecule has 2 fully saturated rings. The molecule has 2 saturated heterocycles. The van der Waals surface area contributed by atoms with Crippen molar-refractivity contribution < 1.29 is 23.8 Å². The fourth-order valence-corrected chi connectivity index (χ4v) is 7.32. The summed E-state index contributed by atoms with van der Waals surface area (Å²) in [5.41, 5.74) is -1.31. The molecule has 6 rings (SSSR count). The molecule has 1 aromatic heterocycles. The molecule has 0 saturated carbocycles. The molecule has 0 aliphatic carbocycles. The van der Waals surface area contributed by atoms with Gasteiger partial charge in [0.2, 0.25) is 0 Å². The fraction of sp³-hybridized carbons (Fsp3) is 0.520. The normalized spacial score (nSPS) is 30.7. The van der Waals surface area contributed by atoms with Crippen molar-refractivity contribution >= 4 is 27.0 Å². The van der Waals surface area contributed by atoms with Gasteiger partial charge in [-0.1, -0.05) is 18.2 Å². The van der Waals surface area contributed by atoms with Gasteiger partial charge in [-0.2, -0.15) is 4.98 Å². The summed E-state index contributed by atoms with van der Waals surface area (Å²) >= 11 is 0. The maximum atomic E-state index is 14.2. The summed E-state index contributed by atoms with van der Waals surface area (Å²) in [6.07, 6.45) is -0.0727. The van der Waals surface area contributed by atoms with Crippen molar-refractivity contribution in [3.8, 4) is 0 Å². The molecule has 1 aromatic carbocycles. The number of carbonyl (C=O) groups excluding carboxylic acids is 2. The molecule has 4 aliphatic heterocycles. The van der Waals surface area contributed by atoms with Crippen LogP contribution in [0.1, 0.15) is 68.5 Å². The molecule has 1 spiro atoms. The van der Waals surface area contributed by atoms with Gasteiger partial charge in [0.1, 0.15) is 26.7 Å². The number of anilines is 1. The van der Waals surface area contributed by atoms with Crippen LogP contribution in [0.25, 0.3) is 0 Å². The Balaban J connectivity index is 1.70. The Kier molecular flexibility index (Phi) is 5.44. The number of nitrogens with zero attached hydrogens (tertiary/aromatic N) is 2. The monoisotopic (exact) mass is 497 g/mol. The lowest BCUT2D eigenvalue weighted by molar-refractivity contribution is -0.136. The first-order valence-electron chi connectivity index (χ1n) is 11.9. The number of hydrogen-bond acceptors (Lipinski definition) is 7. The molecule has 0 radical (unpaired) electrons. The number of amides is 1. The van der Waals surface area contributed by atoms with Crippen molar-refractivity contribution in [2.24, 2.45) is 5.92 Å². The Morgan fingerprint density at radius 1 is 1.00 bits per heavy atom. The fourth-order valence-electron chi connectivity index (χ4n) is 5.03. The van der Waals surface area contributed by atoms with Crippen LogP contribution in [0.2, 0.25) is 0 Å². The first kappa shape index (κ1) is 24.0. The molecule has 10 heteroatoms. The molecule has 5 atom stereocenters. The number of ketones is 1. The van der Waals surface area contributed by atoms with Gasteiger partial charge in [0.25, 0.3) is 5.91 Å². The number of fused-ring (bicyclic) bond motifs is 3. The minimum Gasteiger partial charge on any atom is -0.374 e. The average molecular weight is 498 g/mol. The van der Waals surface area contributed by atoms with E-state index >= 15 is 0 Å². The molecule has 1 unspecified atom stereocenters. The lowest BCUT2D eigenvalue weighted by atomic mass is 9.87. The van der Waals surface area contributed by atoms with Crippen molar-refractivity contribution in [3.63, 3.8) is 0 Å². The molecule has 186 valence electrons. The van der Waals surface area contributed by atoms with E-state index < -0.39 is 55.8 Å². The van der Waals surface area contributed by atoms with E-state index in [1.54, 1.807) is 24.3 Å². The van der Waals surface area contributed by atoms with E-state index in [4.69, 9.17) is 14.2 Å². The lowest BCUT2D eigenvalue weighted by Gasteiger charge is -2.32. The predicted molar refractivity (Wildman–Crippen MR) is 131 cm³/mol. The summed E-state index contributed by atoms with van der Waals surface area (Å²) < 4.78 is 20.9. The Bertz CT molecular complexity index is 1260. The molecule has 1 amide bonds. The average Bonchev–Trinajstić information content (AvgIpc) is 3.32. The highest BCUT2D eigenvalue weighted by Crippen LogP contribution is 2.55.